The first-order valence-electron chi connectivity index (χ1n) is 8.47. The molecule has 1 heterocycles. The molecule has 22 heavy (non-hydrogen) atoms. The van der Waals surface area contributed by atoms with Gasteiger partial charge in [0.2, 0.25) is 5.91 Å². The van der Waals surface area contributed by atoms with Crippen LogP contribution in [0.2, 0.25) is 0 Å². The van der Waals surface area contributed by atoms with E-state index < -0.39 is 0 Å². The molecule has 0 aromatic heterocycles. The standard InChI is InChI=1S/C19H30N2O/c1-13(19(22)21-10-8-20-9-11-21)6-7-18-16(4)14(2)12-15(3)17(18)5/h12-13,20H,6-11H2,1-5H3. The van der Waals surface area contributed by atoms with Crippen molar-refractivity contribution < 1.29 is 4.79 Å². The van der Waals surface area contributed by atoms with Crippen LogP contribution in [0.5, 0.6) is 0 Å². The van der Waals surface area contributed by atoms with Gasteiger partial charge in [0.1, 0.15) is 0 Å². The van der Waals surface area contributed by atoms with Crippen LogP contribution in [0.15, 0.2) is 6.07 Å². The van der Waals surface area contributed by atoms with Gasteiger partial charge in [-0.2, -0.15) is 0 Å². The summed E-state index contributed by atoms with van der Waals surface area (Å²) < 4.78 is 0. The van der Waals surface area contributed by atoms with Crippen LogP contribution in [0.1, 0.15) is 41.2 Å². The first-order valence-corrected chi connectivity index (χ1v) is 8.47. The van der Waals surface area contributed by atoms with Gasteiger partial charge in [0.15, 0.2) is 0 Å². The van der Waals surface area contributed by atoms with Crippen LogP contribution in [0.3, 0.4) is 0 Å². The van der Waals surface area contributed by atoms with Crippen molar-refractivity contribution in [1.82, 2.24) is 10.2 Å². The molecule has 1 fully saturated rings. The molecule has 0 radical (unpaired) electrons. The Morgan fingerprint density at radius 1 is 1.14 bits per heavy atom. The van der Waals surface area contributed by atoms with Gasteiger partial charge in [-0.25, -0.2) is 0 Å². The molecule has 122 valence electrons. The van der Waals surface area contributed by atoms with Gasteiger partial charge in [-0.1, -0.05) is 13.0 Å². The molecule has 2 rings (SSSR count). The molecule has 0 aliphatic carbocycles. The van der Waals surface area contributed by atoms with Crippen molar-refractivity contribution in [3.05, 3.63) is 33.9 Å². The molecule has 0 saturated carbocycles. The van der Waals surface area contributed by atoms with Crippen molar-refractivity contribution in [1.29, 1.82) is 0 Å². The fourth-order valence-corrected chi connectivity index (χ4v) is 3.35. The normalized spacial score (nSPS) is 16.7. The van der Waals surface area contributed by atoms with E-state index in [2.05, 4.69) is 46.0 Å². The maximum atomic E-state index is 12.5. The zero-order valence-electron chi connectivity index (χ0n) is 14.8. The second-order valence-corrected chi connectivity index (χ2v) is 6.75. The van der Waals surface area contributed by atoms with Crippen molar-refractivity contribution in [3.63, 3.8) is 0 Å². The van der Waals surface area contributed by atoms with Crippen LogP contribution < -0.4 is 5.32 Å². The number of nitrogens with zero attached hydrogens (tertiary/aromatic N) is 1. The Hall–Kier alpha value is -1.35. The minimum absolute atomic E-state index is 0.109. The fourth-order valence-electron chi connectivity index (χ4n) is 3.35. The first-order chi connectivity index (χ1) is 10.4. The molecule has 1 N–H and O–H groups in total. The van der Waals surface area contributed by atoms with E-state index in [0.29, 0.717) is 5.91 Å². The highest BCUT2D eigenvalue weighted by Crippen LogP contribution is 2.24. The summed E-state index contributed by atoms with van der Waals surface area (Å²) in [5.41, 5.74) is 6.95. The number of carbonyl (C=O) groups is 1. The molecule has 1 aliphatic rings. The summed E-state index contributed by atoms with van der Waals surface area (Å²) in [6, 6.07) is 2.27. The van der Waals surface area contributed by atoms with E-state index in [4.69, 9.17) is 0 Å². The van der Waals surface area contributed by atoms with E-state index in [-0.39, 0.29) is 5.92 Å². The third-order valence-corrected chi connectivity index (χ3v) is 5.20. The van der Waals surface area contributed by atoms with Gasteiger partial charge < -0.3 is 10.2 Å². The second kappa shape index (κ2) is 7.28. The maximum Gasteiger partial charge on any atom is 0.225 e. The van der Waals surface area contributed by atoms with E-state index in [1.807, 2.05) is 4.90 Å². The highest BCUT2D eigenvalue weighted by molar-refractivity contribution is 5.78. The van der Waals surface area contributed by atoms with Gasteiger partial charge in [-0.3, -0.25) is 4.79 Å². The Bertz CT molecular complexity index is 519. The van der Waals surface area contributed by atoms with Crippen LogP contribution in [-0.4, -0.2) is 37.0 Å². The Morgan fingerprint density at radius 3 is 2.23 bits per heavy atom. The van der Waals surface area contributed by atoms with E-state index in [9.17, 15) is 4.79 Å². The fraction of sp³-hybridized carbons (Fsp3) is 0.632. The SMILES string of the molecule is Cc1cc(C)c(C)c(CCC(C)C(=O)N2CCNCC2)c1C. The minimum atomic E-state index is 0.109. The molecule has 1 aliphatic heterocycles. The number of rotatable bonds is 4. The summed E-state index contributed by atoms with van der Waals surface area (Å²) in [4.78, 5) is 14.5. The van der Waals surface area contributed by atoms with E-state index in [1.165, 1.54) is 27.8 Å². The molecule has 1 unspecified atom stereocenters. The number of aryl methyl sites for hydroxylation is 2. The molecule has 0 bridgehead atoms. The topological polar surface area (TPSA) is 32.3 Å². The second-order valence-electron chi connectivity index (χ2n) is 6.75. The third-order valence-electron chi connectivity index (χ3n) is 5.20. The van der Waals surface area contributed by atoms with E-state index in [0.717, 1.165) is 39.0 Å². The Kier molecular flexibility index (Phi) is 5.63. The van der Waals surface area contributed by atoms with E-state index >= 15 is 0 Å². The van der Waals surface area contributed by atoms with Gasteiger partial charge in [0, 0.05) is 32.1 Å². The summed E-state index contributed by atoms with van der Waals surface area (Å²) in [5, 5.41) is 3.30. The molecule has 1 saturated heterocycles. The summed E-state index contributed by atoms with van der Waals surface area (Å²) in [5.74, 6) is 0.430. The number of amides is 1. The van der Waals surface area contributed by atoms with Crippen molar-refractivity contribution in [2.75, 3.05) is 26.2 Å². The van der Waals surface area contributed by atoms with Crippen LogP contribution in [0.25, 0.3) is 0 Å². The van der Waals surface area contributed by atoms with Crippen molar-refractivity contribution in [2.24, 2.45) is 5.92 Å². The van der Waals surface area contributed by atoms with Gasteiger partial charge in [0.25, 0.3) is 0 Å². The number of carbonyl (C=O) groups excluding carboxylic acids is 1. The quantitative estimate of drug-likeness (QED) is 0.927. The summed E-state index contributed by atoms with van der Waals surface area (Å²) in [6.45, 7) is 14.4. The molecule has 0 spiro atoms. The molecular weight excluding hydrogens is 272 g/mol. The van der Waals surface area contributed by atoms with Crippen LogP contribution in [0, 0.1) is 33.6 Å². The van der Waals surface area contributed by atoms with Crippen LogP contribution in [-0.2, 0) is 11.2 Å². The molecule has 3 heteroatoms. The Labute approximate surface area is 135 Å². The number of hydrogen-bond donors (Lipinski definition) is 1. The lowest BCUT2D eigenvalue weighted by atomic mass is 9.89. The molecule has 3 nitrogen and oxygen atoms in total. The number of benzene rings is 1. The largest absolute Gasteiger partial charge is 0.340 e. The third kappa shape index (κ3) is 3.70. The molecule has 1 aromatic carbocycles. The Balaban J connectivity index is 2.02. The number of hydrogen-bond acceptors (Lipinski definition) is 2. The zero-order chi connectivity index (χ0) is 16.3. The molecule has 1 aromatic rings. The van der Waals surface area contributed by atoms with Crippen molar-refractivity contribution >= 4 is 5.91 Å². The summed E-state index contributed by atoms with van der Waals surface area (Å²) in [6.07, 6.45) is 1.94. The minimum Gasteiger partial charge on any atom is -0.340 e. The maximum absolute atomic E-state index is 12.5. The highest BCUT2D eigenvalue weighted by Gasteiger charge is 2.22. The van der Waals surface area contributed by atoms with Crippen LogP contribution >= 0.6 is 0 Å². The predicted octanol–water partition coefficient (Wildman–Crippen LogP) is 2.92. The number of nitrogens with one attached hydrogen (secondary N) is 1. The zero-order valence-corrected chi connectivity index (χ0v) is 14.8. The van der Waals surface area contributed by atoms with Crippen LogP contribution in [0.4, 0.5) is 0 Å². The summed E-state index contributed by atoms with van der Waals surface area (Å²) in [7, 11) is 0. The van der Waals surface area contributed by atoms with E-state index in [1.54, 1.807) is 0 Å². The lowest BCUT2D eigenvalue weighted by Gasteiger charge is -2.30. The smallest absolute Gasteiger partial charge is 0.225 e. The van der Waals surface area contributed by atoms with Gasteiger partial charge in [-0.05, 0) is 68.4 Å². The van der Waals surface area contributed by atoms with Crippen molar-refractivity contribution in [2.45, 2.75) is 47.5 Å². The first kappa shape index (κ1) is 17.0. The highest BCUT2D eigenvalue weighted by atomic mass is 16.2. The predicted molar refractivity (Wildman–Crippen MR) is 92.3 cm³/mol. The lowest BCUT2D eigenvalue weighted by Crippen LogP contribution is -2.48. The lowest BCUT2D eigenvalue weighted by molar-refractivity contribution is -0.135. The van der Waals surface area contributed by atoms with Gasteiger partial charge in [0.05, 0.1) is 0 Å². The molecule has 1 atom stereocenters. The van der Waals surface area contributed by atoms with Gasteiger partial charge >= 0.3 is 0 Å². The van der Waals surface area contributed by atoms with Crippen molar-refractivity contribution in [3.8, 4) is 0 Å². The number of piperazine rings is 1. The van der Waals surface area contributed by atoms with Gasteiger partial charge in [-0.15, -0.1) is 0 Å². The average molecular weight is 302 g/mol. The monoisotopic (exact) mass is 302 g/mol. The average Bonchev–Trinajstić information content (AvgIpc) is 2.53. The molecular formula is C19H30N2O. The Morgan fingerprint density at radius 2 is 1.68 bits per heavy atom. The summed E-state index contributed by atoms with van der Waals surface area (Å²) >= 11 is 0. The molecule has 1 amide bonds.